The largest absolute Gasteiger partial charge is 0.385 e. The number of rotatable bonds is 9. The van der Waals surface area contributed by atoms with Crippen LogP contribution >= 0.6 is 0 Å². The Kier molecular flexibility index (Phi) is 7.13. The number of benzene rings is 3. The molecule has 0 fully saturated rings. The van der Waals surface area contributed by atoms with E-state index in [-0.39, 0.29) is 5.78 Å². The Morgan fingerprint density at radius 3 is 2.44 bits per heavy atom. The first-order valence-electron chi connectivity index (χ1n) is 11.3. The molecule has 0 aliphatic rings. The summed E-state index contributed by atoms with van der Waals surface area (Å²) in [5, 5.41) is 6.63. The first kappa shape index (κ1) is 22.9. The normalized spacial score (nSPS) is 10.5. The molecule has 0 saturated heterocycles. The number of nitrogens with one attached hydrogen (secondary N) is 2. The number of carbonyl (C=O) groups excluding carboxylic acids is 1. The van der Waals surface area contributed by atoms with Gasteiger partial charge in [0, 0.05) is 41.4 Å². The lowest BCUT2D eigenvalue weighted by molar-refractivity contribution is 0.101. The fourth-order valence-corrected chi connectivity index (χ4v) is 3.81. The molecule has 0 atom stereocenters. The highest BCUT2D eigenvalue weighted by atomic mass is 16.1. The van der Waals surface area contributed by atoms with Crippen LogP contribution in [0.3, 0.4) is 0 Å². The van der Waals surface area contributed by atoms with E-state index < -0.39 is 0 Å². The van der Waals surface area contributed by atoms with Crippen molar-refractivity contribution in [3.05, 3.63) is 114 Å². The van der Waals surface area contributed by atoms with Crippen molar-refractivity contribution < 1.29 is 4.79 Å². The third-order valence-corrected chi connectivity index (χ3v) is 5.60. The van der Waals surface area contributed by atoms with Gasteiger partial charge >= 0.3 is 0 Å². The first-order chi connectivity index (χ1) is 16.5. The maximum absolute atomic E-state index is 11.8. The number of ketones is 1. The second-order valence-corrected chi connectivity index (χ2v) is 8.24. The van der Waals surface area contributed by atoms with E-state index in [0.717, 1.165) is 45.6 Å². The molecule has 170 valence electrons. The van der Waals surface area contributed by atoms with E-state index in [0.29, 0.717) is 12.5 Å². The Hall–Kier alpha value is -4.25. The predicted molar refractivity (Wildman–Crippen MR) is 139 cm³/mol. The lowest BCUT2D eigenvalue weighted by Crippen LogP contribution is -2.16. The summed E-state index contributed by atoms with van der Waals surface area (Å²) in [4.78, 5) is 20.8. The number of carbonyl (C=O) groups is 1. The Morgan fingerprint density at radius 1 is 0.912 bits per heavy atom. The molecule has 0 bridgehead atoms. The Balaban J connectivity index is 1.37. The smallest absolute Gasteiger partial charge is 0.227 e. The fourth-order valence-electron chi connectivity index (χ4n) is 3.81. The minimum Gasteiger partial charge on any atom is -0.385 e. The molecular weight excluding hydrogens is 420 g/mol. The Morgan fingerprint density at radius 2 is 1.68 bits per heavy atom. The van der Waals surface area contributed by atoms with Gasteiger partial charge in [0.2, 0.25) is 5.95 Å². The van der Waals surface area contributed by atoms with Crippen molar-refractivity contribution in [3.8, 4) is 11.1 Å². The Bertz CT molecular complexity index is 1310. The van der Waals surface area contributed by atoms with Crippen LogP contribution in [-0.2, 0) is 6.42 Å². The minimum absolute atomic E-state index is 0.0855. The van der Waals surface area contributed by atoms with E-state index in [9.17, 15) is 4.79 Å². The van der Waals surface area contributed by atoms with E-state index in [1.54, 1.807) is 6.92 Å². The van der Waals surface area contributed by atoms with Crippen molar-refractivity contribution in [2.24, 2.45) is 0 Å². The quantitative estimate of drug-likeness (QED) is 0.298. The molecule has 0 radical (unpaired) electrons. The van der Waals surface area contributed by atoms with Gasteiger partial charge in [-0.05, 0) is 49.1 Å². The topological polar surface area (TPSA) is 66.9 Å². The highest BCUT2D eigenvalue weighted by Gasteiger charge is 2.07. The van der Waals surface area contributed by atoms with Crippen molar-refractivity contribution in [1.82, 2.24) is 15.3 Å². The van der Waals surface area contributed by atoms with Gasteiger partial charge in [-0.15, -0.1) is 0 Å². The molecule has 4 rings (SSSR count). The van der Waals surface area contributed by atoms with E-state index in [1.165, 1.54) is 5.56 Å². The number of anilines is 2. The van der Waals surface area contributed by atoms with Gasteiger partial charge in [0.1, 0.15) is 0 Å². The number of aromatic nitrogens is 2. The van der Waals surface area contributed by atoms with Gasteiger partial charge in [-0.2, -0.15) is 0 Å². The molecule has 0 amide bonds. The molecule has 0 unspecified atom stereocenters. The van der Waals surface area contributed by atoms with Crippen LogP contribution in [0.15, 0.2) is 91.8 Å². The molecule has 1 heterocycles. The number of nitrogens with zero attached hydrogens (tertiary/aromatic N) is 2. The maximum atomic E-state index is 11.8. The zero-order valence-corrected chi connectivity index (χ0v) is 19.5. The highest BCUT2D eigenvalue weighted by Crippen LogP contribution is 2.22. The first-order valence-corrected chi connectivity index (χ1v) is 11.3. The summed E-state index contributed by atoms with van der Waals surface area (Å²) in [6.45, 7) is 8.53. The molecule has 1 aromatic heterocycles. The molecule has 2 N–H and O–H groups in total. The SMILES string of the molecule is C=C(NCCc1ccccc1C(C)=O)c1cccc(Nc2ncc(-c3cccc(C)c3)cn2)c1. The van der Waals surface area contributed by atoms with Crippen LogP contribution in [0.2, 0.25) is 0 Å². The van der Waals surface area contributed by atoms with Crippen LogP contribution in [0.5, 0.6) is 0 Å². The highest BCUT2D eigenvalue weighted by molar-refractivity contribution is 5.95. The predicted octanol–water partition coefficient (Wildman–Crippen LogP) is 6.20. The van der Waals surface area contributed by atoms with Gasteiger partial charge in [-0.25, -0.2) is 9.97 Å². The lowest BCUT2D eigenvalue weighted by atomic mass is 10.0. The summed E-state index contributed by atoms with van der Waals surface area (Å²) >= 11 is 0. The van der Waals surface area contributed by atoms with Crippen LogP contribution in [0.25, 0.3) is 16.8 Å². The average molecular weight is 449 g/mol. The van der Waals surface area contributed by atoms with E-state index in [1.807, 2.05) is 67.0 Å². The molecular formula is C29H28N4O. The lowest BCUT2D eigenvalue weighted by Gasteiger charge is -2.13. The number of hydrogen-bond acceptors (Lipinski definition) is 5. The van der Waals surface area contributed by atoms with Crippen molar-refractivity contribution in [2.45, 2.75) is 20.3 Å². The summed E-state index contributed by atoms with van der Waals surface area (Å²) in [7, 11) is 0. The van der Waals surface area contributed by atoms with Crippen molar-refractivity contribution in [3.63, 3.8) is 0 Å². The third kappa shape index (κ3) is 5.75. The standard InChI is InChI=1S/C29H28N4O/c1-20-8-6-11-25(16-20)26-18-31-29(32-19-26)33-27-12-7-10-24(17-27)21(2)30-15-14-23-9-4-5-13-28(23)22(3)34/h4-13,16-19,30H,2,14-15H2,1,3H3,(H,31,32,33). The molecule has 0 aliphatic carbocycles. The van der Waals surface area contributed by atoms with Gasteiger partial charge < -0.3 is 10.6 Å². The number of hydrogen-bond donors (Lipinski definition) is 2. The van der Waals surface area contributed by atoms with Crippen LogP contribution in [0, 0.1) is 6.92 Å². The summed E-state index contributed by atoms with van der Waals surface area (Å²) in [6, 6.07) is 24.0. The Labute approximate surface area is 200 Å². The third-order valence-electron chi connectivity index (χ3n) is 5.60. The summed E-state index contributed by atoms with van der Waals surface area (Å²) < 4.78 is 0. The second-order valence-electron chi connectivity index (χ2n) is 8.24. The molecule has 5 nitrogen and oxygen atoms in total. The number of aryl methyl sites for hydroxylation is 1. The maximum Gasteiger partial charge on any atom is 0.227 e. The summed E-state index contributed by atoms with van der Waals surface area (Å²) in [6.07, 6.45) is 4.40. The molecule has 0 spiro atoms. The zero-order chi connectivity index (χ0) is 23.9. The fraction of sp³-hybridized carbons (Fsp3) is 0.138. The molecule has 0 saturated carbocycles. The molecule has 34 heavy (non-hydrogen) atoms. The minimum atomic E-state index is 0.0855. The van der Waals surface area contributed by atoms with Crippen LogP contribution in [0.4, 0.5) is 11.6 Å². The number of Topliss-reactive ketones (excluding diaryl/α,β-unsaturated/α-hetero) is 1. The molecule has 3 aromatic carbocycles. The van der Waals surface area contributed by atoms with Crippen molar-refractivity contribution in [1.29, 1.82) is 0 Å². The van der Waals surface area contributed by atoms with Gasteiger partial charge in [0.05, 0.1) is 0 Å². The van der Waals surface area contributed by atoms with E-state index in [4.69, 9.17) is 0 Å². The van der Waals surface area contributed by atoms with Gasteiger partial charge in [-0.1, -0.05) is 72.8 Å². The van der Waals surface area contributed by atoms with E-state index >= 15 is 0 Å². The monoisotopic (exact) mass is 448 g/mol. The van der Waals surface area contributed by atoms with Gasteiger partial charge in [0.25, 0.3) is 0 Å². The average Bonchev–Trinajstić information content (AvgIpc) is 2.85. The molecule has 5 heteroatoms. The summed E-state index contributed by atoms with van der Waals surface area (Å²) in [5.74, 6) is 0.621. The molecule has 4 aromatic rings. The van der Waals surface area contributed by atoms with Gasteiger partial charge in [-0.3, -0.25) is 4.79 Å². The van der Waals surface area contributed by atoms with Crippen LogP contribution < -0.4 is 10.6 Å². The van der Waals surface area contributed by atoms with Crippen LogP contribution in [-0.4, -0.2) is 22.3 Å². The van der Waals surface area contributed by atoms with E-state index in [2.05, 4.69) is 52.3 Å². The van der Waals surface area contributed by atoms with Crippen molar-refractivity contribution in [2.75, 3.05) is 11.9 Å². The zero-order valence-electron chi connectivity index (χ0n) is 19.5. The van der Waals surface area contributed by atoms with Crippen molar-refractivity contribution >= 4 is 23.1 Å². The molecule has 0 aliphatic heterocycles. The van der Waals surface area contributed by atoms with Gasteiger partial charge in [0.15, 0.2) is 5.78 Å². The second kappa shape index (κ2) is 10.6. The van der Waals surface area contributed by atoms with Crippen LogP contribution in [0.1, 0.15) is 34.0 Å². The summed E-state index contributed by atoms with van der Waals surface area (Å²) in [5.41, 5.74) is 7.76.